The number of benzene rings is 2. The number of methoxy groups -OCH3 is 1. The zero-order chi connectivity index (χ0) is 17.5. The summed E-state index contributed by atoms with van der Waals surface area (Å²) in [5.41, 5.74) is 3.18. The number of halogens is 2. The first kappa shape index (κ1) is 18.3. The lowest BCUT2D eigenvalue weighted by molar-refractivity contribution is -0.127. The van der Waals surface area contributed by atoms with Crippen LogP contribution in [0, 0.1) is 0 Å². The number of hydrogen-bond donors (Lipinski definition) is 1. The molecule has 24 heavy (non-hydrogen) atoms. The Bertz CT molecular complexity index is 735. The van der Waals surface area contributed by atoms with Gasteiger partial charge in [-0.1, -0.05) is 27.5 Å². The first-order valence-electron chi connectivity index (χ1n) is 7.08. The van der Waals surface area contributed by atoms with E-state index in [-0.39, 0.29) is 5.91 Å². The van der Waals surface area contributed by atoms with E-state index in [0.29, 0.717) is 16.5 Å². The monoisotopic (exact) mass is 410 g/mol. The van der Waals surface area contributed by atoms with Crippen molar-refractivity contribution in [2.75, 3.05) is 7.11 Å². The third-order valence-electron chi connectivity index (χ3n) is 3.07. The minimum Gasteiger partial charge on any atom is -0.496 e. The quantitative estimate of drug-likeness (QED) is 0.577. The van der Waals surface area contributed by atoms with Gasteiger partial charge in [-0.3, -0.25) is 4.79 Å². The first-order chi connectivity index (χ1) is 11.5. The van der Waals surface area contributed by atoms with Gasteiger partial charge in [0, 0.05) is 15.1 Å². The van der Waals surface area contributed by atoms with Gasteiger partial charge >= 0.3 is 0 Å². The average molecular weight is 412 g/mol. The Morgan fingerprint density at radius 3 is 2.67 bits per heavy atom. The Kier molecular flexibility index (Phi) is 6.63. The molecule has 5 nitrogen and oxygen atoms in total. The van der Waals surface area contributed by atoms with Crippen molar-refractivity contribution >= 4 is 39.7 Å². The van der Waals surface area contributed by atoms with Crippen LogP contribution in [0.15, 0.2) is 52.0 Å². The van der Waals surface area contributed by atoms with E-state index in [4.69, 9.17) is 21.1 Å². The third-order valence-corrected chi connectivity index (χ3v) is 3.81. The van der Waals surface area contributed by atoms with Crippen LogP contribution in [0.2, 0.25) is 5.02 Å². The van der Waals surface area contributed by atoms with Crippen molar-refractivity contribution in [1.29, 1.82) is 0 Å². The summed E-state index contributed by atoms with van der Waals surface area (Å²) < 4.78 is 11.6. The fraction of sp³-hybridized carbons (Fsp3) is 0.176. The van der Waals surface area contributed by atoms with E-state index in [0.717, 1.165) is 10.0 Å². The fourth-order valence-electron chi connectivity index (χ4n) is 1.83. The number of carbonyl (C=O) groups excluding carboxylic acids is 1. The average Bonchev–Trinajstić information content (AvgIpc) is 2.57. The molecule has 0 aliphatic heterocycles. The molecule has 0 radical (unpaired) electrons. The maximum absolute atomic E-state index is 12.0. The van der Waals surface area contributed by atoms with Gasteiger partial charge in [0.25, 0.3) is 5.91 Å². The van der Waals surface area contributed by atoms with Crippen molar-refractivity contribution in [3.63, 3.8) is 0 Å². The number of nitrogens with one attached hydrogen (secondary N) is 1. The van der Waals surface area contributed by atoms with Gasteiger partial charge in [0.05, 0.1) is 13.3 Å². The van der Waals surface area contributed by atoms with E-state index in [9.17, 15) is 4.79 Å². The topological polar surface area (TPSA) is 59.9 Å². The maximum atomic E-state index is 12.0. The summed E-state index contributed by atoms with van der Waals surface area (Å²) in [7, 11) is 1.57. The highest BCUT2D eigenvalue weighted by Gasteiger charge is 2.13. The molecule has 2 rings (SSSR count). The Hall–Kier alpha value is -2.05. The summed E-state index contributed by atoms with van der Waals surface area (Å²) in [5.74, 6) is 0.844. The number of amides is 1. The highest BCUT2D eigenvalue weighted by atomic mass is 79.9. The molecule has 0 spiro atoms. The summed E-state index contributed by atoms with van der Waals surface area (Å²) in [6.45, 7) is 1.64. The van der Waals surface area contributed by atoms with Crippen LogP contribution in [0.4, 0.5) is 0 Å². The smallest absolute Gasteiger partial charge is 0.280 e. The van der Waals surface area contributed by atoms with Gasteiger partial charge in [0.1, 0.15) is 11.5 Å². The van der Waals surface area contributed by atoms with Gasteiger partial charge in [-0.25, -0.2) is 5.43 Å². The lowest BCUT2D eigenvalue weighted by Crippen LogP contribution is -2.33. The normalized spacial score (nSPS) is 12.0. The summed E-state index contributed by atoms with van der Waals surface area (Å²) in [5, 5.41) is 4.55. The number of rotatable bonds is 6. The molecule has 0 aliphatic rings. The second-order valence-electron chi connectivity index (χ2n) is 4.83. The van der Waals surface area contributed by atoms with Crippen molar-refractivity contribution in [1.82, 2.24) is 5.43 Å². The van der Waals surface area contributed by atoms with E-state index < -0.39 is 6.10 Å². The Morgan fingerprint density at radius 1 is 1.29 bits per heavy atom. The van der Waals surface area contributed by atoms with Gasteiger partial charge in [-0.05, 0) is 49.4 Å². The molecule has 0 heterocycles. The molecular formula is C17H16BrClN2O3. The molecule has 0 aliphatic carbocycles. The van der Waals surface area contributed by atoms with Crippen molar-refractivity contribution in [3.8, 4) is 11.5 Å². The SMILES string of the molecule is COc1ccc(Br)cc1C=NNC(=O)C(C)Oc1ccc(Cl)cc1. The van der Waals surface area contributed by atoms with Crippen LogP contribution in [0.1, 0.15) is 12.5 Å². The summed E-state index contributed by atoms with van der Waals surface area (Å²) in [6, 6.07) is 12.3. The highest BCUT2D eigenvalue weighted by molar-refractivity contribution is 9.10. The molecule has 0 saturated heterocycles. The van der Waals surface area contributed by atoms with E-state index in [1.807, 2.05) is 12.1 Å². The largest absolute Gasteiger partial charge is 0.496 e. The highest BCUT2D eigenvalue weighted by Crippen LogP contribution is 2.21. The van der Waals surface area contributed by atoms with Gasteiger partial charge in [-0.2, -0.15) is 5.10 Å². The van der Waals surface area contributed by atoms with Crippen molar-refractivity contribution in [2.45, 2.75) is 13.0 Å². The third kappa shape index (κ3) is 5.25. The molecule has 1 atom stereocenters. The van der Waals surface area contributed by atoms with Gasteiger partial charge in [-0.15, -0.1) is 0 Å². The fourth-order valence-corrected chi connectivity index (χ4v) is 2.34. The molecule has 0 saturated carbocycles. The zero-order valence-electron chi connectivity index (χ0n) is 13.1. The molecule has 0 bridgehead atoms. The molecular weight excluding hydrogens is 396 g/mol. The van der Waals surface area contributed by atoms with E-state index in [1.165, 1.54) is 6.21 Å². The predicted octanol–water partition coefficient (Wildman–Crippen LogP) is 4.03. The second-order valence-corrected chi connectivity index (χ2v) is 6.19. The van der Waals surface area contributed by atoms with Crippen molar-refractivity contribution < 1.29 is 14.3 Å². The van der Waals surface area contributed by atoms with Crippen LogP contribution in [0.3, 0.4) is 0 Å². The van der Waals surface area contributed by atoms with Gasteiger partial charge < -0.3 is 9.47 Å². The standard InChI is InChI=1S/C17H16BrClN2O3/c1-11(24-15-6-4-14(19)5-7-15)17(22)21-20-10-12-9-13(18)3-8-16(12)23-2/h3-11H,1-2H3,(H,21,22). The molecule has 126 valence electrons. The van der Waals surface area contributed by atoms with E-state index in [2.05, 4.69) is 26.5 Å². The summed E-state index contributed by atoms with van der Waals surface area (Å²) in [6.07, 6.45) is 0.809. The van der Waals surface area contributed by atoms with E-state index >= 15 is 0 Å². The Labute approximate surface area is 153 Å². The number of hydrogen-bond acceptors (Lipinski definition) is 4. The van der Waals surface area contributed by atoms with Crippen LogP contribution >= 0.6 is 27.5 Å². The lowest BCUT2D eigenvalue weighted by atomic mass is 10.2. The molecule has 0 aromatic heterocycles. The number of ether oxygens (including phenoxy) is 2. The Morgan fingerprint density at radius 2 is 2.00 bits per heavy atom. The maximum Gasteiger partial charge on any atom is 0.280 e. The number of nitrogens with zero attached hydrogens (tertiary/aromatic N) is 1. The van der Waals surface area contributed by atoms with E-state index in [1.54, 1.807) is 44.4 Å². The molecule has 7 heteroatoms. The Balaban J connectivity index is 1.94. The van der Waals surface area contributed by atoms with Crippen LogP contribution in [0.5, 0.6) is 11.5 Å². The summed E-state index contributed by atoms with van der Waals surface area (Å²) in [4.78, 5) is 12.0. The van der Waals surface area contributed by atoms with Crippen LogP contribution in [0.25, 0.3) is 0 Å². The van der Waals surface area contributed by atoms with Crippen LogP contribution < -0.4 is 14.9 Å². The predicted molar refractivity (Wildman–Crippen MR) is 98.0 cm³/mol. The van der Waals surface area contributed by atoms with Crippen molar-refractivity contribution in [3.05, 3.63) is 57.5 Å². The zero-order valence-corrected chi connectivity index (χ0v) is 15.5. The lowest BCUT2D eigenvalue weighted by Gasteiger charge is -2.12. The summed E-state index contributed by atoms with van der Waals surface area (Å²) >= 11 is 9.18. The molecule has 1 unspecified atom stereocenters. The molecule has 1 N–H and O–H groups in total. The van der Waals surface area contributed by atoms with Gasteiger partial charge in [0.2, 0.25) is 0 Å². The minimum atomic E-state index is -0.701. The van der Waals surface area contributed by atoms with Crippen LogP contribution in [-0.2, 0) is 4.79 Å². The van der Waals surface area contributed by atoms with Crippen molar-refractivity contribution in [2.24, 2.45) is 5.10 Å². The number of hydrazone groups is 1. The first-order valence-corrected chi connectivity index (χ1v) is 8.25. The molecule has 2 aromatic rings. The number of carbonyl (C=O) groups is 1. The second kappa shape index (κ2) is 8.70. The van der Waals surface area contributed by atoms with Gasteiger partial charge in [0.15, 0.2) is 6.10 Å². The molecule has 0 fully saturated rings. The minimum absolute atomic E-state index is 0.366. The molecule has 1 amide bonds. The molecule has 2 aromatic carbocycles. The van der Waals surface area contributed by atoms with Crippen LogP contribution in [-0.4, -0.2) is 25.3 Å².